The van der Waals surface area contributed by atoms with Gasteiger partial charge in [-0.2, -0.15) is 4.39 Å². The van der Waals surface area contributed by atoms with Crippen molar-refractivity contribution in [1.82, 2.24) is 4.90 Å². The molecule has 0 aromatic heterocycles. The fraction of sp³-hybridized carbons (Fsp3) is 0.333. The number of halogens is 3. The van der Waals surface area contributed by atoms with E-state index in [1.807, 2.05) is 0 Å². The minimum Gasteiger partial charge on any atom is -0.503 e. The zero-order valence-corrected chi connectivity index (χ0v) is 11.6. The molecule has 110 valence electrons. The lowest BCUT2D eigenvalue weighted by Crippen LogP contribution is -2.42. The fourth-order valence-corrected chi connectivity index (χ4v) is 1.70. The molecule has 0 heterocycles. The van der Waals surface area contributed by atoms with E-state index in [2.05, 4.69) is 12.2 Å². The number of benzene rings is 1. The van der Waals surface area contributed by atoms with E-state index in [1.165, 1.54) is 0 Å². The van der Waals surface area contributed by atoms with Crippen LogP contribution in [-0.2, 0) is 0 Å². The molecular formula is C12H13F3N2O2S. The van der Waals surface area contributed by atoms with Crippen LogP contribution in [0, 0.1) is 17.5 Å². The highest BCUT2D eigenvalue weighted by molar-refractivity contribution is 7.80. The number of nitrogens with two attached hydrogens (primary N) is 1. The number of hydrogen-bond acceptors (Lipinski definition) is 3. The van der Waals surface area contributed by atoms with Gasteiger partial charge in [-0.05, 0) is 19.9 Å². The molecule has 0 atom stereocenters. The van der Waals surface area contributed by atoms with Crippen molar-refractivity contribution in [3.05, 3.63) is 29.1 Å². The maximum atomic E-state index is 13.7. The molecule has 8 heteroatoms. The molecule has 0 radical (unpaired) electrons. The van der Waals surface area contributed by atoms with Crippen LogP contribution < -0.4 is 5.73 Å². The summed E-state index contributed by atoms with van der Waals surface area (Å²) in [5, 5.41) is 9.11. The number of hydrogen-bond donors (Lipinski definition) is 2. The van der Waals surface area contributed by atoms with Gasteiger partial charge in [-0.25, -0.2) is 8.78 Å². The molecule has 20 heavy (non-hydrogen) atoms. The largest absolute Gasteiger partial charge is 0.503 e. The van der Waals surface area contributed by atoms with Gasteiger partial charge >= 0.3 is 0 Å². The zero-order valence-electron chi connectivity index (χ0n) is 10.8. The second-order valence-corrected chi connectivity index (χ2v) is 4.90. The third-order valence-corrected chi connectivity index (χ3v) is 2.70. The molecule has 0 aliphatic carbocycles. The predicted octanol–water partition coefficient (Wildman–Crippen LogP) is 1.95. The topological polar surface area (TPSA) is 66.6 Å². The Morgan fingerprint density at radius 3 is 2.40 bits per heavy atom. The minimum atomic E-state index is -1.75. The number of nitrogens with zero attached hydrogens (tertiary/aromatic N) is 1. The Labute approximate surface area is 119 Å². The van der Waals surface area contributed by atoms with Gasteiger partial charge in [0, 0.05) is 6.04 Å². The molecule has 0 spiro atoms. The molecule has 1 aromatic rings. The lowest BCUT2D eigenvalue weighted by molar-refractivity contribution is 0.0729. The second-order valence-electron chi connectivity index (χ2n) is 4.38. The molecule has 0 aliphatic rings. The molecule has 0 aliphatic heterocycles. The van der Waals surface area contributed by atoms with E-state index in [4.69, 9.17) is 10.8 Å². The monoisotopic (exact) mass is 306 g/mol. The average Bonchev–Trinajstić information content (AvgIpc) is 2.36. The zero-order chi connectivity index (χ0) is 15.6. The molecule has 0 bridgehead atoms. The summed E-state index contributed by atoms with van der Waals surface area (Å²) in [5.74, 6) is -7.27. The van der Waals surface area contributed by atoms with Crippen LogP contribution in [0.2, 0.25) is 0 Å². The average molecular weight is 306 g/mol. The highest BCUT2D eigenvalue weighted by atomic mass is 32.1. The Bertz CT molecular complexity index is 564. The van der Waals surface area contributed by atoms with Crippen molar-refractivity contribution >= 4 is 23.1 Å². The van der Waals surface area contributed by atoms with Crippen LogP contribution in [0.3, 0.4) is 0 Å². The van der Waals surface area contributed by atoms with E-state index in [9.17, 15) is 18.0 Å². The lowest BCUT2D eigenvalue weighted by atomic mass is 10.1. The standard InChI is InChI=1S/C12H13F3N2O2S/c1-5(2)17(4-8(16)20)12(19)6-3-7(13)10(15)11(18)9(6)14/h3,5,18H,4H2,1-2H3,(H2,16,20). The third kappa shape index (κ3) is 3.19. The van der Waals surface area contributed by atoms with E-state index < -0.39 is 40.7 Å². The lowest BCUT2D eigenvalue weighted by Gasteiger charge is -2.26. The van der Waals surface area contributed by atoms with Gasteiger partial charge in [0.2, 0.25) is 5.82 Å². The number of amides is 1. The maximum Gasteiger partial charge on any atom is 0.257 e. The summed E-state index contributed by atoms with van der Waals surface area (Å²) in [6.45, 7) is 3.09. The van der Waals surface area contributed by atoms with Crippen molar-refractivity contribution in [2.24, 2.45) is 5.73 Å². The fourth-order valence-electron chi connectivity index (χ4n) is 1.56. The number of rotatable bonds is 4. The van der Waals surface area contributed by atoms with E-state index >= 15 is 0 Å². The summed E-state index contributed by atoms with van der Waals surface area (Å²) < 4.78 is 39.8. The van der Waals surface area contributed by atoms with E-state index in [-0.39, 0.29) is 11.5 Å². The van der Waals surface area contributed by atoms with Gasteiger partial charge in [0.05, 0.1) is 17.1 Å². The summed E-state index contributed by atoms with van der Waals surface area (Å²) in [7, 11) is 0. The quantitative estimate of drug-likeness (QED) is 0.659. The maximum absolute atomic E-state index is 13.7. The Kier molecular flexibility index (Phi) is 4.93. The molecule has 0 saturated carbocycles. The van der Waals surface area contributed by atoms with Gasteiger partial charge in [-0.1, -0.05) is 12.2 Å². The van der Waals surface area contributed by atoms with Crippen LogP contribution in [0.15, 0.2) is 6.07 Å². The Morgan fingerprint density at radius 2 is 1.95 bits per heavy atom. The molecule has 1 amide bonds. The van der Waals surface area contributed by atoms with E-state index in [1.54, 1.807) is 13.8 Å². The molecule has 0 unspecified atom stereocenters. The normalized spacial score (nSPS) is 10.7. The first kappa shape index (κ1) is 16.2. The van der Waals surface area contributed by atoms with Crippen molar-refractivity contribution in [2.45, 2.75) is 19.9 Å². The highest BCUT2D eigenvalue weighted by Gasteiger charge is 2.27. The summed E-state index contributed by atoms with van der Waals surface area (Å²) >= 11 is 4.67. The summed E-state index contributed by atoms with van der Waals surface area (Å²) in [6, 6.07) is -0.0135. The van der Waals surface area contributed by atoms with Gasteiger partial charge in [-0.15, -0.1) is 0 Å². The van der Waals surface area contributed by atoms with Crippen LogP contribution >= 0.6 is 12.2 Å². The second kappa shape index (κ2) is 6.08. The smallest absolute Gasteiger partial charge is 0.257 e. The van der Waals surface area contributed by atoms with Gasteiger partial charge in [0.25, 0.3) is 5.91 Å². The van der Waals surface area contributed by atoms with Gasteiger partial charge in [0.15, 0.2) is 17.4 Å². The van der Waals surface area contributed by atoms with Crippen LogP contribution in [0.25, 0.3) is 0 Å². The molecule has 3 N–H and O–H groups in total. The van der Waals surface area contributed by atoms with E-state index in [0.29, 0.717) is 6.07 Å². The number of phenolic OH excluding ortho intramolecular Hbond substituents is 1. The first-order valence-electron chi connectivity index (χ1n) is 5.62. The number of aromatic hydroxyl groups is 1. The predicted molar refractivity (Wildman–Crippen MR) is 70.9 cm³/mol. The number of phenols is 1. The molecular weight excluding hydrogens is 293 g/mol. The minimum absolute atomic E-state index is 0.0146. The van der Waals surface area contributed by atoms with Crippen LogP contribution in [0.1, 0.15) is 24.2 Å². The SMILES string of the molecule is CC(C)N(CC(N)=S)C(=O)c1cc(F)c(F)c(O)c1F. The molecule has 0 saturated heterocycles. The van der Waals surface area contributed by atoms with Crippen LogP contribution in [0.4, 0.5) is 13.2 Å². The van der Waals surface area contributed by atoms with Crippen LogP contribution in [0.5, 0.6) is 5.75 Å². The molecule has 1 aromatic carbocycles. The Hall–Kier alpha value is -1.83. The first-order chi connectivity index (χ1) is 9.16. The summed E-state index contributed by atoms with van der Waals surface area (Å²) in [6.07, 6.45) is 0. The molecule has 0 fully saturated rings. The number of thiocarbonyl (C=S) groups is 1. The van der Waals surface area contributed by atoms with Gasteiger partial charge in [0.1, 0.15) is 0 Å². The van der Waals surface area contributed by atoms with Crippen molar-refractivity contribution in [1.29, 1.82) is 0 Å². The third-order valence-electron chi connectivity index (χ3n) is 2.57. The van der Waals surface area contributed by atoms with Crippen molar-refractivity contribution in [3.8, 4) is 5.75 Å². The van der Waals surface area contributed by atoms with Crippen LogP contribution in [-0.4, -0.2) is 33.5 Å². The van der Waals surface area contributed by atoms with E-state index in [0.717, 1.165) is 4.90 Å². The molecule has 4 nitrogen and oxygen atoms in total. The number of carbonyl (C=O) groups excluding carboxylic acids is 1. The first-order valence-corrected chi connectivity index (χ1v) is 6.03. The summed E-state index contributed by atoms with van der Waals surface area (Å²) in [4.78, 5) is 13.2. The van der Waals surface area contributed by atoms with Gasteiger partial charge < -0.3 is 15.7 Å². The van der Waals surface area contributed by atoms with Crippen molar-refractivity contribution < 1.29 is 23.1 Å². The van der Waals surface area contributed by atoms with Gasteiger partial charge in [-0.3, -0.25) is 4.79 Å². The Morgan fingerprint density at radius 1 is 1.40 bits per heavy atom. The Balaban J connectivity index is 3.29. The van der Waals surface area contributed by atoms with Crippen molar-refractivity contribution in [2.75, 3.05) is 6.54 Å². The van der Waals surface area contributed by atoms with Crippen molar-refractivity contribution in [3.63, 3.8) is 0 Å². The highest BCUT2D eigenvalue weighted by Crippen LogP contribution is 2.27. The number of carbonyl (C=O) groups is 1. The molecule has 1 rings (SSSR count). The summed E-state index contributed by atoms with van der Waals surface area (Å²) in [5.41, 5.74) is 4.54.